The molecular formula is C19H18N2O4. The molecule has 0 radical (unpaired) electrons. The average Bonchev–Trinajstić information content (AvgIpc) is 2.62. The number of benzene rings is 2. The fraction of sp³-hybridized carbons (Fsp3) is 0.158. The molecule has 3 rings (SSSR count). The summed E-state index contributed by atoms with van der Waals surface area (Å²) in [6, 6.07) is 12.6. The van der Waals surface area contributed by atoms with Crippen molar-refractivity contribution in [1.82, 2.24) is 4.98 Å². The van der Waals surface area contributed by atoms with Gasteiger partial charge in [0, 0.05) is 24.6 Å². The number of methoxy groups -OCH3 is 2. The zero-order valence-electron chi connectivity index (χ0n) is 14.2. The molecule has 0 aliphatic heterocycles. The van der Waals surface area contributed by atoms with Gasteiger partial charge in [-0.1, -0.05) is 12.1 Å². The van der Waals surface area contributed by atoms with E-state index in [4.69, 9.17) is 14.2 Å². The molecule has 128 valence electrons. The van der Waals surface area contributed by atoms with Crippen molar-refractivity contribution in [3.05, 3.63) is 48.7 Å². The number of anilines is 1. The molecule has 0 saturated carbocycles. The molecule has 6 nitrogen and oxygen atoms in total. The number of amides is 1. The smallest absolute Gasteiger partial charge is 0.221 e. The van der Waals surface area contributed by atoms with Crippen LogP contribution in [0.2, 0.25) is 0 Å². The van der Waals surface area contributed by atoms with Gasteiger partial charge in [-0.25, -0.2) is 0 Å². The largest absolute Gasteiger partial charge is 0.493 e. The van der Waals surface area contributed by atoms with Crippen LogP contribution in [0, 0.1) is 0 Å². The highest BCUT2D eigenvalue weighted by molar-refractivity contribution is 5.91. The van der Waals surface area contributed by atoms with Gasteiger partial charge in [-0.3, -0.25) is 9.78 Å². The zero-order valence-corrected chi connectivity index (χ0v) is 14.2. The van der Waals surface area contributed by atoms with Crippen molar-refractivity contribution < 1.29 is 19.0 Å². The van der Waals surface area contributed by atoms with E-state index < -0.39 is 0 Å². The van der Waals surface area contributed by atoms with Crippen LogP contribution in [-0.4, -0.2) is 25.1 Å². The number of pyridine rings is 1. The van der Waals surface area contributed by atoms with Crippen LogP contribution in [0.5, 0.6) is 23.0 Å². The van der Waals surface area contributed by atoms with E-state index in [0.29, 0.717) is 34.2 Å². The molecule has 0 atom stereocenters. The second kappa shape index (κ2) is 7.09. The second-order valence-corrected chi connectivity index (χ2v) is 5.31. The Hall–Kier alpha value is -3.28. The van der Waals surface area contributed by atoms with Gasteiger partial charge in [0.2, 0.25) is 5.91 Å². The van der Waals surface area contributed by atoms with E-state index in [-0.39, 0.29) is 5.91 Å². The number of fused-ring (bicyclic) bond motifs is 1. The van der Waals surface area contributed by atoms with Crippen molar-refractivity contribution in [3.63, 3.8) is 0 Å². The maximum atomic E-state index is 11.4. The monoisotopic (exact) mass is 338 g/mol. The van der Waals surface area contributed by atoms with Gasteiger partial charge >= 0.3 is 0 Å². The number of para-hydroxylation sites is 2. The van der Waals surface area contributed by atoms with E-state index in [9.17, 15) is 4.79 Å². The Bertz CT molecular complexity index is 924. The third-order valence-corrected chi connectivity index (χ3v) is 3.62. The molecule has 2 aromatic carbocycles. The normalized spacial score (nSPS) is 10.4. The maximum Gasteiger partial charge on any atom is 0.221 e. The molecule has 0 saturated heterocycles. The maximum absolute atomic E-state index is 11.4. The number of hydrogen-bond acceptors (Lipinski definition) is 5. The van der Waals surface area contributed by atoms with Crippen LogP contribution in [0.1, 0.15) is 6.92 Å². The number of nitrogens with one attached hydrogen (secondary N) is 1. The molecule has 0 bridgehead atoms. The predicted octanol–water partition coefficient (Wildman–Crippen LogP) is 4.00. The van der Waals surface area contributed by atoms with E-state index in [0.717, 1.165) is 5.39 Å². The van der Waals surface area contributed by atoms with Crippen molar-refractivity contribution in [3.8, 4) is 23.0 Å². The van der Waals surface area contributed by atoms with Crippen LogP contribution in [0.15, 0.2) is 48.7 Å². The summed E-state index contributed by atoms with van der Waals surface area (Å²) in [4.78, 5) is 15.7. The van der Waals surface area contributed by atoms with Gasteiger partial charge < -0.3 is 19.5 Å². The van der Waals surface area contributed by atoms with Gasteiger partial charge in [0.25, 0.3) is 0 Å². The number of aromatic nitrogens is 1. The Kier molecular flexibility index (Phi) is 4.70. The third-order valence-electron chi connectivity index (χ3n) is 3.62. The first-order chi connectivity index (χ1) is 12.1. The summed E-state index contributed by atoms with van der Waals surface area (Å²) in [6.45, 7) is 1.45. The second-order valence-electron chi connectivity index (χ2n) is 5.31. The average molecular weight is 338 g/mol. The number of ether oxygens (including phenoxy) is 3. The summed E-state index contributed by atoms with van der Waals surface area (Å²) in [5.74, 6) is 2.16. The van der Waals surface area contributed by atoms with Crippen molar-refractivity contribution in [2.24, 2.45) is 0 Å². The topological polar surface area (TPSA) is 69.7 Å². The van der Waals surface area contributed by atoms with Crippen LogP contribution in [0.25, 0.3) is 10.9 Å². The van der Waals surface area contributed by atoms with Gasteiger partial charge in [-0.05, 0) is 24.3 Å². The minimum atomic E-state index is -0.165. The summed E-state index contributed by atoms with van der Waals surface area (Å²) < 4.78 is 16.7. The van der Waals surface area contributed by atoms with Crippen LogP contribution in [0.3, 0.4) is 0 Å². The van der Waals surface area contributed by atoms with Crippen LogP contribution in [-0.2, 0) is 4.79 Å². The Morgan fingerprint density at radius 2 is 1.68 bits per heavy atom. The summed E-state index contributed by atoms with van der Waals surface area (Å²) >= 11 is 0. The molecule has 0 aliphatic carbocycles. The van der Waals surface area contributed by atoms with Crippen LogP contribution < -0.4 is 19.5 Å². The molecular weight excluding hydrogens is 320 g/mol. The molecule has 1 heterocycles. The molecule has 3 aromatic rings. The molecule has 0 unspecified atom stereocenters. The summed E-state index contributed by atoms with van der Waals surface area (Å²) in [5, 5.41) is 3.53. The number of hydrogen-bond donors (Lipinski definition) is 1. The molecule has 1 aromatic heterocycles. The Balaban J connectivity index is 2.07. The number of carbonyl (C=O) groups excluding carboxylic acids is 1. The lowest BCUT2D eigenvalue weighted by atomic mass is 10.1. The van der Waals surface area contributed by atoms with Gasteiger partial charge in [0.15, 0.2) is 17.2 Å². The van der Waals surface area contributed by atoms with E-state index in [1.165, 1.54) is 6.92 Å². The summed E-state index contributed by atoms with van der Waals surface area (Å²) in [5.41, 5.74) is 1.31. The number of rotatable bonds is 5. The highest BCUT2D eigenvalue weighted by atomic mass is 16.5. The highest BCUT2D eigenvalue weighted by Crippen LogP contribution is 2.38. The Morgan fingerprint density at radius 1 is 0.960 bits per heavy atom. The molecule has 0 spiro atoms. The predicted molar refractivity (Wildman–Crippen MR) is 95.7 cm³/mol. The number of nitrogens with zero attached hydrogens (tertiary/aromatic N) is 1. The van der Waals surface area contributed by atoms with Crippen molar-refractivity contribution in [2.75, 3.05) is 19.5 Å². The number of carbonyl (C=O) groups is 1. The van der Waals surface area contributed by atoms with Crippen LogP contribution in [0.4, 0.5) is 5.69 Å². The highest BCUT2D eigenvalue weighted by Gasteiger charge is 2.13. The van der Waals surface area contributed by atoms with E-state index >= 15 is 0 Å². The summed E-state index contributed by atoms with van der Waals surface area (Å²) in [6.07, 6.45) is 1.66. The van der Waals surface area contributed by atoms with E-state index in [1.807, 2.05) is 18.2 Å². The van der Waals surface area contributed by atoms with E-state index in [2.05, 4.69) is 10.3 Å². The fourth-order valence-corrected chi connectivity index (χ4v) is 2.50. The minimum absolute atomic E-state index is 0.165. The molecule has 1 N–H and O–H groups in total. The molecule has 0 fully saturated rings. The van der Waals surface area contributed by atoms with Gasteiger partial charge in [0.05, 0.1) is 25.4 Å². The molecule has 6 heteroatoms. The zero-order chi connectivity index (χ0) is 17.8. The van der Waals surface area contributed by atoms with Crippen LogP contribution >= 0.6 is 0 Å². The van der Waals surface area contributed by atoms with Gasteiger partial charge in [0.1, 0.15) is 5.75 Å². The quantitative estimate of drug-likeness (QED) is 0.761. The summed E-state index contributed by atoms with van der Waals surface area (Å²) in [7, 11) is 3.15. The first-order valence-electron chi connectivity index (χ1n) is 7.67. The van der Waals surface area contributed by atoms with Gasteiger partial charge in [-0.2, -0.15) is 0 Å². The first kappa shape index (κ1) is 16.6. The SMILES string of the molecule is COc1cc2nccc(Oc3ccccc3NC(C)=O)c2cc1OC. The molecule has 25 heavy (non-hydrogen) atoms. The Labute approximate surface area is 145 Å². The first-order valence-corrected chi connectivity index (χ1v) is 7.67. The Morgan fingerprint density at radius 3 is 2.40 bits per heavy atom. The van der Waals surface area contributed by atoms with Crippen molar-refractivity contribution in [1.29, 1.82) is 0 Å². The standard InChI is InChI=1S/C19H18N2O4/c1-12(22)21-14-6-4-5-7-17(14)25-16-8-9-20-15-11-19(24-3)18(23-2)10-13(15)16/h4-11H,1-3H3,(H,21,22). The lowest BCUT2D eigenvalue weighted by Crippen LogP contribution is -2.06. The molecule has 0 aliphatic rings. The lowest BCUT2D eigenvalue weighted by Gasteiger charge is -2.14. The fourth-order valence-electron chi connectivity index (χ4n) is 2.50. The van der Waals surface area contributed by atoms with Gasteiger partial charge in [-0.15, -0.1) is 0 Å². The lowest BCUT2D eigenvalue weighted by molar-refractivity contribution is -0.114. The molecule has 1 amide bonds. The van der Waals surface area contributed by atoms with Crippen molar-refractivity contribution >= 4 is 22.5 Å². The van der Waals surface area contributed by atoms with Crippen molar-refractivity contribution in [2.45, 2.75) is 6.92 Å². The third kappa shape index (κ3) is 3.47. The van der Waals surface area contributed by atoms with E-state index in [1.54, 1.807) is 44.7 Å². The minimum Gasteiger partial charge on any atom is -0.493 e.